The van der Waals surface area contributed by atoms with Gasteiger partial charge in [0.25, 0.3) is 0 Å². The van der Waals surface area contributed by atoms with Crippen LogP contribution in [0.25, 0.3) is 111 Å². The molecule has 5 N–H and O–H groups in total. The van der Waals surface area contributed by atoms with E-state index < -0.39 is 34.3 Å². The predicted molar refractivity (Wildman–Crippen MR) is 527 cm³/mol. The minimum Gasteiger partial charge on any atom is -0.512 e. The molecule has 5 radical (unpaired) electrons. The molecule has 0 saturated carbocycles. The van der Waals surface area contributed by atoms with Gasteiger partial charge in [-0.05, 0) is 198 Å². The zero-order valence-electron chi connectivity index (χ0n) is 91.9. The minimum atomic E-state index is -2.16. The molecule has 0 saturated heterocycles. The Balaban J connectivity index is 0.000000848. The van der Waals surface area contributed by atoms with Crippen LogP contribution >= 0.6 is 0 Å². The van der Waals surface area contributed by atoms with E-state index in [1.54, 1.807) is 54.9 Å². The van der Waals surface area contributed by atoms with Gasteiger partial charge < -0.3 is 35.5 Å². The fourth-order valence-corrected chi connectivity index (χ4v) is 12.6. The normalized spacial score (nSPS) is 12.7. The Bertz CT molecular complexity index is 7040. The zero-order valence-corrected chi connectivity index (χ0v) is 88.9. The van der Waals surface area contributed by atoms with Crippen molar-refractivity contribution in [3.05, 3.63) is 387 Å². The van der Waals surface area contributed by atoms with E-state index >= 15 is 0 Å². The number of aromatic nitrogens is 5. The summed E-state index contributed by atoms with van der Waals surface area (Å²) in [7, 11) is 0. The summed E-state index contributed by atoms with van der Waals surface area (Å²) in [5.74, 6) is -0.312. The summed E-state index contributed by atoms with van der Waals surface area (Å²) in [5.41, 5.74) is 19.5. The first kappa shape index (κ1) is 94.7. The average Bonchev–Trinajstić information content (AvgIpc) is 0.791. The third-order valence-corrected chi connectivity index (χ3v) is 17.3. The van der Waals surface area contributed by atoms with E-state index in [0.717, 1.165) is 138 Å². The zero-order chi connectivity index (χ0) is 107. The van der Waals surface area contributed by atoms with E-state index in [2.05, 4.69) is 73.5 Å². The van der Waals surface area contributed by atoms with E-state index in [-0.39, 0.29) is 180 Å². The Morgan fingerprint density at radius 1 is 0.263 bits per heavy atom. The van der Waals surface area contributed by atoms with E-state index in [1.807, 2.05) is 207 Å². The molecule has 15 nitrogen and oxygen atoms in total. The van der Waals surface area contributed by atoms with Gasteiger partial charge in [0, 0.05) is 164 Å². The number of allylic oxidation sites excluding steroid dienone is 10. The van der Waals surface area contributed by atoms with Crippen molar-refractivity contribution in [2.24, 2.45) is 0 Å². The molecule has 0 aliphatic rings. The second-order valence-electron chi connectivity index (χ2n) is 30.3. The molecule has 703 valence electrons. The fraction of sp³-hybridized carbons (Fsp3) is 0.204. The van der Waals surface area contributed by atoms with Crippen molar-refractivity contribution in [1.29, 1.82) is 0 Å². The first-order valence-electron chi connectivity index (χ1n) is 47.9. The number of benzene rings is 10. The Kier molecular flexibility index (Phi) is 42.7. The predicted octanol–water partition coefficient (Wildman–Crippen LogP) is 27.7. The van der Waals surface area contributed by atoms with Crippen molar-refractivity contribution >= 4 is 83.2 Å². The SMILES string of the molecule is CC(=O)C=C(C)O.CC(=O)C=C(C)O.CC(=O)C=C(C)O.CC(=O)C=C(C)O.CC(=O)C=C(C)O.[2H]C([2H])([2H])c1[c-]c(-c2ccc3ccc(C)cc3n2)cc(C)c1.[2H]C([2H])([2H])c1[c-]c(-c2ccc3ccccc3n2)cc(C)c1.[2H]C([2H])([2H])c1[c-]c(-c2nccc3cc(C)ccc23)cc(C)c1.[2H]C([2H])([2H])c1[c-]c(-c2nccc3ccccc23)cc(C)c1.[2H]C([2H])([2H])c1ccc2ccc(-c3[c-]c(C)cc(C)c3)nc2c1.[Ir].[Ir].[Ir].[Ir].[Ir]. The molecular formula is C113H116Ir5N5O10-5. The molecule has 5 aromatic heterocycles. The van der Waals surface area contributed by atoms with E-state index in [0.29, 0.717) is 16.6 Å². The number of fused-ring (bicyclic) bond motifs is 5. The van der Waals surface area contributed by atoms with Crippen LogP contribution < -0.4 is 0 Å². The molecule has 10 aromatic carbocycles. The number of para-hydroxylation sites is 1. The quantitative estimate of drug-likeness (QED) is 0.0485. The van der Waals surface area contributed by atoms with Crippen molar-refractivity contribution in [2.45, 2.75) is 159 Å². The van der Waals surface area contributed by atoms with Crippen LogP contribution in [-0.4, -0.2) is 79.4 Å². The van der Waals surface area contributed by atoms with Gasteiger partial charge in [0.1, 0.15) is 0 Å². The molecule has 0 amide bonds. The van der Waals surface area contributed by atoms with Crippen molar-refractivity contribution in [3.8, 4) is 56.3 Å². The van der Waals surface area contributed by atoms with Crippen molar-refractivity contribution in [3.63, 3.8) is 0 Å². The Hall–Kier alpha value is -11.5. The van der Waals surface area contributed by atoms with E-state index in [9.17, 15) is 24.0 Å². The maximum atomic E-state index is 10.0. The maximum Gasteiger partial charge on any atom is 0.155 e. The van der Waals surface area contributed by atoms with Crippen LogP contribution in [-0.2, 0) is 124 Å². The number of carbonyl (C=O) groups is 5. The van der Waals surface area contributed by atoms with Crippen molar-refractivity contribution in [1.82, 2.24) is 24.9 Å². The molecule has 0 unspecified atom stereocenters. The summed E-state index contributed by atoms with van der Waals surface area (Å²) in [6.45, 7) is 19.2. The summed E-state index contributed by atoms with van der Waals surface area (Å²) in [5, 5.41) is 49.0. The largest absolute Gasteiger partial charge is 0.512 e. The van der Waals surface area contributed by atoms with Crippen LogP contribution in [0.3, 0.4) is 0 Å². The smallest absolute Gasteiger partial charge is 0.155 e. The Morgan fingerprint density at radius 3 is 0.895 bits per heavy atom. The number of aliphatic hydroxyl groups excluding tert-OH is 5. The van der Waals surface area contributed by atoms with Crippen LogP contribution in [0, 0.1) is 120 Å². The summed E-state index contributed by atoms with van der Waals surface area (Å²) in [6, 6.07) is 82.5. The van der Waals surface area contributed by atoms with Crippen LogP contribution in [0.2, 0.25) is 0 Å². The molecule has 133 heavy (non-hydrogen) atoms. The number of rotatable bonds is 10. The first-order chi connectivity index (χ1) is 66.5. The number of hydrogen-bond donors (Lipinski definition) is 5. The van der Waals surface area contributed by atoms with Gasteiger partial charge in [-0.25, -0.2) is 0 Å². The molecule has 15 rings (SSSR count). The number of aryl methyl sites for hydroxylation is 13. The molecule has 15 aromatic rings. The molecular weight excluding hydrogens is 2550 g/mol. The number of ketones is 5. The van der Waals surface area contributed by atoms with Crippen LogP contribution in [0.15, 0.2) is 284 Å². The topological polar surface area (TPSA) is 251 Å². The van der Waals surface area contributed by atoms with Gasteiger partial charge >= 0.3 is 0 Å². The molecule has 0 fully saturated rings. The number of carbonyl (C=O) groups excluding carboxylic acids is 5. The monoisotopic (exact) mass is 2680 g/mol. The number of hydrogen-bond acceptors (Lipinski definition) is 15. The van der Waals surface area contributed by atoms with Gasteiger partial charge in [0.05, 0.1) is 45.3 Å². The minimum absolute atomic E-state index is 0. The van der Waals surface area contributed by atoms with E-state index in [1.165, 1.54) is 105 Å². The van der Waals surface area contributed by atoms with Crippen LogP contribution in [0.5, 0.6) is 0 Å². The van der Waals surface area contributed by atoms with Gasteiger partial charge in [0.2, 0.25) is 0 Å². The average molecular weight is 2680 g/mol. The Labute approximate surface area is 873 Å². The van der Waals surface area contributed by atoms with E-state index in [4.69, 9.17) is 46.1 Å². The molecule has 0 aliphatic heterocycles. The first-order valence-corrected chi connectivity index (χ1v) is 40.4. The summed E-state index contributed by atoms with van der Waals surface area (Å²) >= 11 is 0. The molecule has 0 aliphatic carbocycles. The number of aliphatic hydroxyl groups is 5. The third-order valence-electron chi connectivity index (χ3n) is 17.3. The van der Waals surface area contributed by atoms with Crippen LogP contribution in [0.1, 0.15) is 162 Å². The van der Waals surface area contributed by atoms with Gasteiger partial charge in [-0.15, -0.1) is 174 Å². The van der Waals surface area contributed by atoms with Crippen molar-refractivity contribution < 1.29 is 171 Å². The Morgan fingerprint density at radius 2 is 0.541 bits per heavy atom. The molecule has 0 atom stereocenters. The van der Waals surface area contributed by atoms with Crippen LogP contribution in [0.4, 0.5) is 0 Å². The van der Waals surface area contributed by atoms with Gasteiger partial charge in [-0.2, -0.15) is 0 Å². The van der Waals surface area contributed by atoms with Crippen molar-refractivity contribution in [2.75, 3.05) is 0 Å². The second-order valence-corrected chi connectivity index (χ2v) is 30.3. The van der Waals surface area contributed by atoms with Gasteiger partial charge in [-0.3, -0.25) is 38.9 Å². The molecule has 5 heterocycles. The maximum absolute atomic E-state index is 10.0. The number of pyridine rings is 5. The second kappa shape index (κ2) is 59.9. The molecule has 20 heteroatoms. The summed E-state index contributed by atoms with van der Waals surface area (Å²) in [6.07, 6.45) is 9.32. The molecule has 0 spiro atoms. The number of nitrogens with zero attached hydrogens (tertiary/aromatic N) is 5. The van der Waals surface area contributed by atoms with Gasteiger partial charge in [0.15, 0.2) is 28.9 Å². The summed E-state index contributed by atoms with van der Waals surface area (Å²) in [4.78, 5) is 72.8. The van der Waals surface area contributed by atoms with Gasteiger partial charge in [-0.1, -0.05) is 196 Å². The molecule has 0 bridgehead atoms. The summed E-state index contributed by atoms with van der Waals surface area (Å²) < 4.78 is 113. The standard InChI is InChI=1S/3C18H16N.2C17H14N.5C5H8O2.5Ir/c2*1-12-4-5-15-6-7-17(19-18(15)11-12)16-9-13(2)8-14(3)10-16;1-12-4-5-17-15(9-12)6-7-19-18(17)16-10-13(2)8-14(3)11-16;1-12-9-13(2)11-15(10-12)17-16-6-4-3-5-14(16)7-8-18-17;1-12-9-13(2)11-15(10-12)17-8-7-14-5-3-4-6-16(14)18-17;5*1-4(6)3-5(2)7;;;;;/h2*4-9,11H,1-3H3;4-10H,1-3H3;2*3-10H,1-2H3;5*3,6H,1-2H3;;;;;/q5*-1;;;;;;;;;;/i3D3;1D3;3D3;2*2D3;;;;;;;;;;. The fourth-order valence-electron chi connectivity index (χ4n) is 12.6. The third kappa shape index (κ3) is 43.9.